The summed E-state index contributed by atoms with van der Waals surface area (Å²) in [5.41, 5.74) is 1.15. The first-order valence-electron chi connectivity index (χ1n) is 6.63. The molecule has 1 aliphatic rings. The fraction of sp³-hybridized carbons (Fsp3) is 0.467. The fourth-order valence-electron chi connectivity index (χ4n) is 2.22. The maximum Gasteiger partial charge on any atom is 0.335 e. The minimum Gasteiger partial charge on any atom is -0.478 e. The van der Waals surface area contributed by atoms with Gasteiger partial charge in [0.15, 0.2) is 0 Å². The van der Waals surface area contributed by atoms with Gasteiger partial charge in [-0.1, -0.05) is 12.1 Å². The van der Waals surface area contributed by atoms with Crippen LogP contribution in [0, 0.1) is 5.92 Å². The average molecular weight is 277 g/mol. The normalized spacial score (nSPS) is 15.7. The zero-order valence-corrected chi connectivity index (χ0v) is 11.7. The van der Waals surface area contributed by atoms with Crippen molar-refractivity contribution in [2.24, 2.45) is 5.92 Å². The highest BCUT2D eigenvalue weighted by molar-refractivity contribution is 5.87. The number of nitrogens with zero attached hydrogens (tertiary/aromatic N) is 1. The first kappa shape index (κ1) is 14.5. The van der Waals surface area contributed by atoms with Crippen molar-refractivity contribution in [2.45, 2.75) is 25.5 Å². The van der Waals surface area contributed by atoms with Crippen LogP contribution in [0.15, 0.2) is 24.3 Å². The second-order valence-corrected chi connectivity index (χ2v) is 5.19. The lowest BCUT2D eigenvalue weighted by molar-refractivity contribution is -0.142. The van der Waals surface area contributed by atoms with Crippen molar-refractivity contribution >= 4 is 11.9 Å². The molecule has 0 aromatic heterocycles. The van der Waals surface area contributed by atoms with Crippen LogP contribution in [0.25, 0.3) is 0 Å². The standard InChI is InChI=1S/C15H19NO4/c1-16(14(17)13(20-2)11-7-8-11)9-10-3-5-12(6-4-10)15(18)19/h3-6,11,13H,7-9H2,1-2H3,(H,18,19). The number of hydrogen-bond acceptors (Lipinski definition) is 3. The molecule has 1 unspecified atom stereocenters. The minimum atomic E-state index is -0.950. The van der Waals surface area contributed by atoms with Crippen LogP contribution < -0.4 is 0 Å². The Balaban J connectivity index is 1.97. The van der Waals surface area contributed by atoms with Gasteiger partial charge in [0.05, 0.1) is 5.56 Å². The molecule has 0 heterocycles. The van der Waals surface area contributed by atoms with Crippen LogP contribution in [0.3, 0.4) is 0 Å². The number of likely N-dealkylation sites (N-methyl/N-ethyl adjacent to an activating group) is 1. The number of hydrogen-bond donors (Lipinski definition) is 1. The molecule has 1 aromatic carbocycles. The summed E-state index contributed by atoms with van der Waals surface area (Å²) >= 11 is 0. The molecule has 5 heteroatoms. The van der Waals surface area contributed by atoms with E-state index in [9.17, 15) is 9.59 Å². The average Bonchev–Trinajstić information content (AvgIpc) is 3.24. The van der Waals surface area contributed by atoms with E-state index in [1.54, 1.807) is 43.3 Å². The van der Waals surface area contributed by atoms with E-state index in [0.717, 1.165) is 18.4 Å². The van der Waals surface area contributed by atoms with E-state index in [2.05, 4.69) is 0 Å². The van der Waals surface area contributed by atoms with Gasteiger partial charge in [-0.05, 0) is 36.5 Å². The van der Waals surface area contributed by atoms with Gasteiger partial charge in [-0.3, -0.25) is 4.79 Å². The van der Waals surface area contributed by atoms with E-state index in [0.29, 0.717) is 12.5 Å². The third-order valence-electron chi connectivity index (χ3n) is 3.54. The van der Waals surface area contributed by atoms with Crippen molar-refractivity contribution in [1.29, 1.82) is 0 Å². The van der Waals surface area contributed by atoms with Crippen LogP contribution in [0.1, 0.15) is 28.8 Å². The van der Waals surface area contributed by atoms with Crippen molar-refractivity contribution in [3.63, 3.8) is 0 Å². The summed E-state index contributed by atoms with van der Waals surface area (Å²) in [5, 5.41) is 8.84. The smallest absolute Gasteiger partial charge is 0.335 e. The molecule has 1 aliphatic carbocycles. The van der Waals surface area contributed by atoms with Gasteiger partial charge in [0.1, 0.15) is 6.10 Å². The number of methoxy groups -OCH3 is 1. The molecule has 0 radical (unpaired) electrons. The number of carboxylic acids is 1. The van der Waals surface area contributed by atoms with Gasteiger partial charge < -0.3 is 14.7 Å². The lowest BCUT2D eigenvalue weighted by Crippen LogP contribution is -2.38. The Morgan fingerprint density at radius 1 is 1.35 bits per heavy atom. The van der Waals surface area contributed by atoms with Crippen LogP contribution in [0.4, 0.5) is 0 Å². The summed E-state index contributed by atoms with van der Waals surface area (Å²) in [5.74, 6) is -0.615. The first-order valence-corrected chi connectivity index (χ1v) is 6.63. The molecule has 1 saturated carbocycles. The summed E-state index contributed by atoms with van der Waals surface area (Å²) < 4.78 is 5.28. The van der Waals surface area contributed by atoms with E-state index < -0.39 is 5.97 Å². The van der Waals surface area contributed by atoms with Crippen molar-refractivity contribution in [1.82, 2.24) is 4.90 Å². The number of benzene rings is 1. The van der Waals surface area contributed by atoms with E-state index in [4.69, 9.17) is 9.84 Å². The van der Waals surface area contributed by atoms with Crippen molar-refractivity contribution in [3.8, 4) is 0 Å². The first-order chi connectivity index (χ1) is 9.52. The summed E-state index contributed by atoms with van der Waals surface area (Å²) in [7, 11) is 3.30. The van der Waals surface area contributed by atoms with Crippen molar-refractivity contribution in [3.05, 3.63) is 35.4 Å². The van der Waals surface area contributed by atoms with E-state index >= 15 is 0 Å². The molecule has 1 N–H and O–H groups in total. The van der Waals surface area contributed by atoms with Gasteiger partial charge in [0.25, 0.3) is 5.91 Å². The second-order valence-electron chi connectivity index (χ2n) is 5.19. The summed E-state index contributed by atoms with van der Waals surface area (Å²) in [6.45, 7) is 0.450. The van der Waals surface area contributed by atoms with Gasteiger partial charge in [0.2, 0.25) is 0 Å². The number of amides is 1. The molecular weight excluding hydrogens is 258 g/mol. The van der Waals surface area contributed by atoms with Crippen LogP contribution in [-0.2, 0) is 16.1 Å². The Morgan fingerprint density at radius 3 is 2.40 bits per heavy atom. The van der Waals surface area contributed by atoms with Gasteiger partial charge in [-0.15, -0.1) is 0 Å². The topological polar surface area (TPSA) is 66.8 Å². The molecule has 1 aromatic rings. The second kappa shape index (κ2) is 6.05. The molecule has 20 heavy (non-hydrogen) atoms. The largest absolute Gasteiger partial charge is 0.478 e. The van der Waals surface area contributed by atoms with Crippen molar-refractivity contribution < 1.29 is 19.4 Å². The maximum atomic E-state index is 12.2. The highest BCUT2D eigenvalue weighted by Gasteiger charge is 2.37. The lowest BCUT2D eigenvalue weighted by atomic mass is 10.1. The van der Waals surface area contributed by atoms with Crippen LogP contribution in [-0.4, -0.2) is 42.1 Å². The molecule has 1 fully saturated rings. The summed E-state index contributed by atoms with van der Waals surface area (Å²) in [6, 6.07) is 6.55. The fourth-order valence-corrected chi connectivity index (χ4v) is 2.22. The molecule has 0 saturated heterocycles. The SMILES string of the molecule is COC(C(=O)N(C)Cc1ccc(C(=O)O)cc1)C1CC1. The predicted octanol–water partition coefficient (Wildman–Crippen LogP) is 1.77. The maximum absolute atomic E-state index is 12.2. The predicted molar refractivity (Wildman–Crippen MR) is 73.4 cm³/mol. The molecular formula is C15H19NO4. The van der Waals surface area contributed by atoms with Gasteiger partial charge >= 0.3 is 5.97 Å². The number of aromatic carboxylic acids is 1. The number of ether oxygens (including phenoxy) is 1. The quantitative estimate of drug-likeness (QED) is 0.860. The van der Waals surface area contributed by atoms with Crippen molar-refractivity contribution in [2.75, 3.05) is 14.2 Å². The number of carbonyl (C=O) groups is 2. The Labute approximate surface area is 118 Å². The zero-order chi connectivity index (χ0) is 14.7. The molecule has 108 valence electrons. The van der Waals surface area contributed by atoms with Gasteiger partial charge in [-0.25, -0.2) is 4.79 Å². The molecule has 0 aliphatic heterocycles. The van der Waals surface area contributed by atoms with Gasteiger partial charge in [0, 0.05) is 20.7 Å². The lowest BCUT2D eigenvalue weighted by Gasteiger charge is -2.23. The third kappa shape index (κ3) is 3.36. The third-order valence-corrected chi connectivity index (χ3v) is 3.54. The van der Waals surface area contributed by atoms with Crippen LogP contribution in [0.5, 0.6) is 0 Å². The number of rotatable bonds is 6. The minimum absolute atomic E-state index is 0.0164. The number of carbonyl (C=O) groups excluding carboxylic acids is 1. The molecule has 2 rings (SSSR count). The Hall–Kier alpha value is -1.88. The summed E-state index contributed by atoms with van der Waals surface area (Å²) in [4.78, 5) is 24.6. The Bertz CT molecular complexity index is 493. The molecule has 1 atom stereocenters. The molecule has 5 nitrogen and oxygen atoms in total. The molecule has 1 amide bonds. The van der Waals surface area contributed by atoms with E-state index in [1.807, 2.05) is 0 Å². The van der Waals surface area contributed by atoms with Crippen LogP contribution in [0.2, 0.25) is 0 Å². The highest BCUT2D eigenvalue weighted by Crippen LogP contribution is 2.34. The van der Waals surface area contributed by atoms with E-state index in [-0.39, 0.29) is 17.6 Å². The van der Waals surface area contributed by atoms with Crippen LogP contribution >= 0.6 is 0 Å². The highest BCUT2D eigenvalue weighted by atomic mass is 16.5. The van der Waals surface area contributed by atoms with E-state index in [1.165, 1.54) is 0 Å². The molecule has 0 bridgehead atoms. The summed E-state index contributed by atoms with van der Waals surface area (Å²) in [6.07, 6.45) is 1.75. The number of carboxylic acid groups (broad SMARTS) is 1. The molecule has 0 spiro atoms. The zero-order valence-electron chi connectivity index (χ0n) is 11.7. The Kier molecular flexibility index (Phi) is 4.39. The Morgan fingerprint density at radius 2 is 1.95 bits per heavy atom. The van der Waals surface area contributed by atoms with Gasteiger partial charge in [-0.2, -0.15) is 0 Å². The monoisotopic (exact) mass is 277 g/mol.